The van der Waals surface area contributed by atoms with Gasteiger partial charge < -0.3 is 9.84 Å². The first-order valence-corrected chi connectivity index (χ1v) is 5.35. The predicted octanol–water partition coefficient (Wildman–Crippen LogP) is 1.98. The SMILES string of the molecule is O=C(O)C1(c2ccc3c(c2)CCO3)CC1(F)F. The molecule has 1 aromatic rings. The number of benzene rings is 1. The van der Waals surface area contributed by atoms with Gasteiger partial charge in [-0.05, 0) is 17.2 Å². The number of fused-ring (bicyclic) bond motifs is 1. The quantitative estimate of drug-likeness (QED) is 0.859. The predicted molar refractivity (Wildman–Crippen MR) is 54.5 cm³/mol. The third-order valence-electron chi connectivity index (χ3n) is 3.53. The molecule has 0 aromatic heterocycles. The summed E-state index contributed by atoms with van der Waals surface area (Å²) < 4.78 is 31.9. The number of carbonyl (C=O) groups is 1. The van der Waals surface area contributed by atoms with Crippen molar-refractivity contribution >= 4 is 5.97 Å². The minimum absolute atomic E-state index is 0.180. The highest BCUT2D eigenvalue weighted by Gasteiger charge is 2.77. The highest BCUT2D eigenvalue weighted by Crippen LogP contribution is 2.62. The largest absolute Gasteiger partial charge is 0.493 e. The van der Waals surface area contributed by atoms with E-state index in [1.807, 2.05) is 0 Å². The molecule has 0 amide bonds. The van der Waals surface area contributed by atoms with E-state index >= 15 is 0 Å². The van der Waals surface area contributed by atoms with E-state index in [4.69, 9.17) is 9.84 Å². The van der Waals surface area contributed by atoms with E-state index in [-0.39, 0.29) is 5.56 Å². The Morgan fingerprint density at radius 2 is 2.12 bits per heavy atom. The minimum Gasteiger partial charge on any atom is -0.493 e. The van der Waals surface area contributed by atoms with E-state index < -0.39 is 23.7 Å². The molecule has 3 nitrogen and oxygen atoms in total. The normalized spacial score (nSPS) is 28.4. The van der Waals surface area contributed by atoms with Crippen molar-refractivity contribution in [2.75, 3.05) is 6.61 Å². The number of aliphatic carboxylic acids is 1. The number of hydrogen-bond donors (Lipinski definition) is 1. The van der Waals surface area contributed by atoms with E-state index in [0.717, 1.165) is 5.56 Å². The van der Waals surface area contributed by atoms with Gasteiger partial charge in [0.2, 0.25) is 0 Å². The van der Waals surface area contributed by atoms with Gasteiger partial charge >= 0.3 is 5.97 Å². The van der Waals surface area contributed by atoms with E-state index in [0.29, 0.717) is 18.8 Å². The fourth-order valence-electron chi connectivity index (χ4n) is 2.41. The van der Waals surface area contributed by atoms with E-state index in [2.05, 4.69) is 0 Å². The molecule has 0 bridgehead atoms. The number of ether oxygens (including phenoxy) is 1. The fourth-order valence-corrected chi connectivity index (χ4v) is 2.41. The van der Waals surface area contributed by atoms with Crippen LogP contribution in [0.15, 0.2) is 18.2 Å². The number of carboxylic acid groups (broad SMARTS) is 1. The molecule has 1 aliphatic carbocycles. The van der Waals surface area contributed by atoms with Crippen LogP contribution in [0.4, 0.5) is 8.78 Å². The summed E-state index contributed by atoms with van der Waals surface area (Å²) in [5, 5.41) is 9.03. The summed E-state index contributed by atoms with van der Waals surface area (Å²) in [5.41, 5.74) is -1.03. The van der Waals surface area contributed by atoms with Crippen molar-refractivity contribution in [3.05, 3.63) is 29.3 Å². The topological polar surface area (TPSA) is 46.5 Å². The van der Waals surface area contributed by atoms with E-state index in [1.54, 1.807) is 6.07 Å². The molecule has 1 aromatic carbocycles. The van der Waals surface area contributed by atoms with Gasteiger partial charge in [0.05, 0.1) is 6.61 Å². The molecule has 2 aliphatic rings. The molecule has 1 fully saturated rings. The Balaban J connectivity index is 2.08. The Labute approximate surface area is 96.0 Å². The minimum atomic E-state index is -3.15. The van der Waals surface area contributed by atoms with Crippen LogP contribution in [-0.2, 0) is 16.6 Å². The maximum atomic E-state index is 13.3. The Hall–Kier alpha value is -1.65. The molecule has 1 aliphatic heterocycles. The molecule has 0 saturated heterocycles. The third-order valence-corrected chi connectivity index (χ3v) is 3.53. The fraction of sp³-hybridized carbons (Fsp3) is 0.417. The molecule has 1 N–H and O–H groups in total. The van der Waals surface area contributed by atoms with Gasteiger partial charge in [-0.3, -0.25) is 4.79 Å². The van der Waals surface area contributed by atoms with Gasteiger partial charge in [-0.1, -0.05) is 12.1 Å². The molecule has 3 rings (SSSR count). The van der Waals surface area contributed by atoms with Crippen molar-refractivity contribution in [2.45, 2.75) is 24.2 Å². The van der Waals surface area contributed by atoms with Crippen molar-refractivity contribution < 1.29 is 23.4 Å². The molecule has 17 heavy (non-hydrogen) atoms. The van der Waals surface area contributed by atoms with Crippen molar-refractivity contribution in [2.24, 2.45) is 0 Å². The first-order chi connectivity index (χ1) is 7.97. The summed E-state index contributed by atoms with van der Waals surface area (Å²) in [7, 11) is 0. The van der Waals surface area contributed by atoms with Crippen LogP contribution >= 0.6 is 0 Å². The molecule has 1 saturated carbocycles. The third kappa shape index (κ3) is 1.22. The number of halogens is 2. The van der Waals surface area contributed by atoms with Gasteiger partial charge in [-0.25, -0.2) is 8.78 Å². The summed E-state index contributed by atoms with van der Waals surface area (Å²) >= 11 is 0. The van der Waals surface area contributed by atoms with Gasteiger partial charge in [-0.2, -0.15) is 0 Å². The van der Waals surface area contributed by atoms with Crippen molar-refractivity contribution in [1.29, 1.82) is 0 Å². The summed E-state index contributed by atoms with van der Waals surface area (Å²) in [6.07, 6.45) is 0.0272. The standard InChI is InChI=1S/C12H10F2O3/c13-12(14)6-11(12,10(15)16)8-1-2-9-7(5-8)3-4-17-9/h1-2,5H,3-4,6H2,(H,15,16). The van der Waals surface area contributed by atoms with Crippen molar-refractivity contribution in [3.63, 3.8) is 0 Å². The molecule has 1 unspecified atom stereocenters. The molecule has 1 heterocycles. The lowest BCUT2D eigenvalue weighted by Crippen LogP contribution is -2.27. The highest BCUT2D eigenvalue weighted by molar-refractivity contribution is 5.88. The van der Waals surface area contributed by atoms with Crippen molar-refractivity contribution in [3.8, 4) is 5.75 Å². The molecule has 90 valence electrons. The molecular formula is C12H10F2O3. The van der Waals surface area contributed by atoms with E-state index in [1.165, 1.54) is 12.1 Å². The summed E-state index contributed by atoms with van der Waals surface area (Å²) in [5.74, 6) is -3.94. The van der Waals surface area contributed by atoms with Crippen LogP contribution in [0.3, 0.4) is 0 Å². The Kier molecular flexibility index (Phi) is 1.83. The van der Waals surface area contributed by atoms with Crippen LogP contribution in [0.5, 0.6) is 5.75 Å². The Morgan fingerprint density at radius 1 is 1.41 bits per heavy atom. The van der Waals surface area contributed by atoms with Gasteiger partial charge in [-0.15, -0.1) is 0 Å². The second-order valence-electron chi connectivity index (χ2n) is 4.51. The zero-order valence-electron chi connectivity index (χ0n) is 8.87. The molecule has 0 radical (unpaired) electrons. The first kappa shape index (κ1) is 10.5. The number of alkyl halides is 2. The lowest BCUT2D eigenvalue weighted by Gasteiger charge is -2.12. The van der Waals surface area contributed by atoms with Crippen LogP contribution < -0.4 is 4.74 Å². The van der Waals surface area contributed by atoms with Crippen LogP contribution in [0, 0.1) is 0 Å². The molecule has 5 heteroatoms. The lowest BCUT2D eigenvalue weighted by molar-refractivity contribution is -0.142. The summed E-state index contributed by atoms with van der Waals surface area (Å²) in [4.78, 5) is 11.1. The highest BCUT2D eigenvalue weighted by atomic mass is 19.3. The summed E-state index contributed by atoms with van der Waals surface area (Å²) in [6, 6.07) is 4.55. The first-order valence-electron chi connectivity index (χ1n) is 5.35. The van der Waals surface area contributed by atoms with Crippen molar-refractivity contribution in [1.82, 2.24) is 0 Å². The van der Waals surface area contributed by atoms with Gasteiger partial charge in [0.1, 0.15) is 5.75 Å². The molecular weight excluding hydrogens is 230 g/mol. The number of carboxylic acids is 1. The van der Waals surface area contributed by atoms with Crippen LogP contribution in [0.2, 0.25) is 0 Å². The summed E-state index contributed by atoms with van der Waals surface area (Å²) in [6.45, 7) is 0.523. The number of hydrogen-bond acceptors (Lipinski definition) is 2. The number of rotatable bonds is 2. The smallest absolute Gasteiger partial charge is 0.320 e. The second kappa shape index (κ2) is 2.97. The Bertz CT molecular complexity index is 512. The zero-order chi connectivity index (χ0) is 12.3. The van der Waals surface area contributed by atoms with Crippen LogP contribution in [-0.4, -0.2) is 23.6 Å². The maximum absolute atomic E-state index is 13.3. The molecule has 0 spiro atoms. The zero-order valence-corrected chi connectivity index (χ0v) is 8.87. The average Bonchev–Trinajstić information content (AvgIpc) is 2.67. The Morgan fingerprint density at radius 3 is 2.71 bits per heavy atom. The van der Waals surface area contributed by atoms with Gasteiger partial charge in [0.25, 0.3) is 5.92 Å². The average molecular weight is 240 g/mol. The van der Waals surface area contributed by atoms with Crippen LogP contribution in [0.25, 0.3) is 0 Å². The molecule has 1 atom stereocenters. The van der Waals surface area contributed by atoms with E-state index in [9.17, 15) is 13.6 Å². The van der Waals surface area contributed by atoms with Gasteiger partial charge in [0, 0.05) is 12.8 Å². The second-order valence-corrected chi connectivity index (χ2v) is 4.51. The van der Waals surface area contributed by atoms with Crippen LogP contribution in [0.1, 0.15) is 17.5 Å². The maximum Gasteiger partial charge on any atom is 0.320 e. The van der Waals surface area contributed by atoms with Gasteiger partial charge in [0.15, 0.2) is 5.41 Å². The monoisotopic (exact) mass is 240 g/mol. The lowest BCUT2D eigenvalue weighted by atomic mass is 9.93.